The van der Waals surface area contributed by atoms with Crippen molar-refractivity contribution in [3.8, 4) is 0 Å². The molecule has 0 saturated heterocycles. The van der Waals surface area contributed by atoms with E-state index in [1.807, 2.05) is 6.20 Å². The largest absolute Gasteiger partial charge is 0.345 e. The summed E-state index contributed by atoms with van der Waals surface area (Å²) in [4.78, 5) is 12.0. The van der Waals surface area contributed by atoms with Gasteiger partial charge in [-0.05, 0) is 5.41 Å². The molecule has 71 valence electrons. The molecule has 1 aliphatic rings. The smallest absolute Gasteiger partial charge is 0.151 e. The van der Waals surface area contributed by atoms with Gasteiger partial charge in [-0.2, -0.15) is 0 Å². The molecule has 1 aliphatic heterocycles. The number of rotatable bonds is 0. The van der Waals surface area contributed by atoms with Gasteiger partial charge >= 0.3 is 0 Å². The third-order valence-electron chi connectivity index (χ3n) is 2.28. The van der Waals surface area contributed by atoms with Crippen LogP contribution in [0.5, 0.6) is 0 Å². The molecule has 0 atom stereocenters. The van der Waals surface area contributed by atoms with Crippen molar-refractivity contribution in [2.45, 2.75) is 26.2 Å². The molecule has 0 fully saturated rings. The van der Waals surface area contributed by atoms with Crippen LogP contribution in [0.2, 0.25) is 0 Å². The SMILES string of the molecule is CC(C)(C)c1c[nH]c2c1=NCCN=2.[Rb]. The predicted molar refractivity (Wildman–Crippen MR) is 57.3 cm³/mol. The number of H-pyrrole nitrogens is 1. The Kier molecular flexibility index (Phi) is 4.27. The van der Waals surface area contributed by atoms with Gasteiger partial charge in [-0.15, -0.1) is 0 Å². The van der Waals surface area contributed by atoms with Gasteiger partial charge in [0.25, 0.3) is 0 Å². The molecule has 0 bridgehead atoms. The normalized spacial score (nSPS) is 14.8. The topological polar surface area (TPSA) is 40.5 Å². The molecule has 2 rings (SSSR count). The van der Waals surface area contributed by atoms with Crippen LogP contribution in [0.25, 0.3) is 0 Å². The Labute approximate surface area is 133 Å². The van der Waals surface area contributed by atoms with E-state index < -0.39 is 0 Å². The zero-order valence-electron chi connectivity index (χ0n) is 9.39. The minimum atomic E-state index is 0. The number of fused-ring (bicyclic) bond motifs is 1. The first kappa shape index (κ1) is 12.8. The summed E-state index contributed by atoms with van der Waals surface area (Å²) >= 11 is 0. The van der Waals surface area contributed by atoms with Gasteiger partial charge in [0, 0.05) is 69.9 Å². The average Bonchev–Trinajstić information content (AvgIpc) is 2.45. The standard InChI is InChI=1S/C10H15N3.Rb/c1-10(2,3)7-6-13-9-8(7)11-4-5-12-9;/h6H,4-5H2,1-3H3,(H,12,13);. The van der Waals surface area contributed by atoms with Gasteiger partial charge in [-0.1, -0.05) is 20.8 Å². The van der Waals surface area contributed by atoms with Crippen LogP contribution in [0, 0.1) is 0 Å². The summed E-state index contributed by atoms with van der Waals surface area (Å²) in [5, 5.41) is 1.07. The maximum Gasteiger partial charge on any atom is 0.151 e. The minimum absolute atomic E-state index is 0. The summed E-state index contributed by atoms with van der Waals surface area (Å²) in [6.45, 7) is 8.23. The molecule has 0 aromatic carbocycles. The molecule has 1 N–H and O–H groups in total. The van der Waals surface area contributed by atoms with Crippen molar-refractivity contribution in [1.29, 1.82) is 0 Å². The van der Waals surface area contributed by atoms with Gasteiger partial charge in [0.1, 0.15) is 5.36 Å². The number of hydrogen-bond acceptors (Lipinski definition) is 2. The van der Waals surface area contributed by atoms with E-state index in [2.05, 4.69) is 35.7 Å². The molecule has 14 heavy (non-hydrogen) atoms. The molecule has 2 heterocycles. The van der Waals surface area contributed by atoms with Gasteiger partial charge in [0.15, 0.2) is 5.49 Å². The predicted octanol–water partition coefficient (Wildman–Crippen LogP) is 0.184. The fraction of sp³-hybridized carbons (Fsp3) is 0.600. The molecule has 0 saturated carbocycles. The van der Waals surface area contributed by atoms with Crippen LogP contribution in [-0.4, -0.2) is 76.3 Å². The Bertz CT molecular complexity index is 425. The molecule has 3 nitrogen and oxygen atoms in total. The van der Waals surface area contributed by atoms with Crippen molar-refractivity contribution in [2.24, 2.45) is 9.98 Å². The van der Waals surface area contributed by atoms with Crippen LogP contribution >= 0.6 is 0 Å². The van der Waals surface area contributed by atoms with Crippen molar-refractivity contribution in [2.75, 3.05) is 13.1 Å². The van der Waals surface area contributed by atoms with Gasteiger partial charge in [-0.3, -0.25) is 9.98 Å². The molecule has 4 heteroatoms. The van der Waals surface area contributed by atoms with E-state index in [1.165, 1.54) is 5.56 Å². The number of aromatic nitrogens is 1. The van der Waals surface area contributed by atoms with Gasteiger partial charge in [-0.25, -0.2) is 0 Å². The van der Waals surface area contributed by atoms with Gasteiger partial charge in [0.05, 0.1) is 13.1 Å². The first-order chi connectivity index (χ1) is 6.09. The van der Waals surface area contributed by atoms with Crippen LogP contribution in [0.4, 0.5) is 0 Å². The Morgan fingerprint density at radius 1 is 1.21 bits per heavy atom. The quantitative estimate of drug-likeness (QED) is 0.693. The van der Waals surface area contributed by atoms with Crippen molar-refractivity contribution < 1.29 is 0 Å². The second-order valence-corrected chi connectivity index (χ2v) is 4.41. The molecule has 1 aromatic rings. The monoisotopic (exact) mass is 262 g/mol. The minimum Gasteiger partial charge on any atom is -0.345 e. The maximum absolute atomic E-state index is 4.49. The summed E-state index contributed by atoms with van der Waals surface area (Å²) < 4.78 is 0. The van der Waals surface area contributed by atoms with Crippen molar-refractivity contribution >= 4 is 58.2 Å². The van der Waals surface area contributed by atoms with E-state index in [9.17, 15) is 0 Å². The first-order valence-corrected chi connectivity index (χ1v) is 4.66. The number of aromatic amines is 1. The molecular weight excluding hydrogens is 248 g/mol. The fourth-order valence-electron chi connectivity index (χ4n) is 1.58. The Hall–Kier alpha value is 0.685. The Balaban J connectivity index is 0.000000980. The summed E-state index contributed by atoms with van der Waals surface area (Å²) in [5.74, 6) is 0. The van der Waals surface area contributed by atoms with E-state index >= 15 is 0 Å². The Morgan fingerprint density at radius 2 is 1.86 bits per heavy atom. The van der Waals surface area contributed by atoms with Crippen LogP contribution in [0.15, 0.2) is 16.2 Å². The summed E-state index contributed by atoms with van der Waals surface area (Å²) in [6, 6.07) is 0. The molecule has 0 unspecified atom stereocenters. The van der Waals surface area contributed by atoms with Crippen LogP contribution in [0.1, 0.15) is 26.3 Å². The van der Waals surface area contributed by atoms with E-state index in [0.717, 1.165) is 23.9 Å². The molecular formula is C10H15N3Rb. The van der Waals surface area contributed by atoms with Crippen LogP contribution < -0.4 is 10.8 Å². The zero-order chi connectivity index (χ0) is 9.47. The van der Waals surface area contributed by atoms with Crippen molar-refractivity contribution in [3.05, 3.63) is 22.6 Å². The fourth-order valence-corrected chi connectivity index (χ4v) is 1.58. The third-order valence-corrected chi connectivity index (χ3v) is 2.28. The second-order valence-electron chi connectivity index (χ2n) is 4.41. The van der Waals surface area contributed by atoms with Gasteiger partial charge in [0.2, 0.25) is 0 Å². The molecule has 1 aromatic heterocycles. The van der Waals surface area contributed by atoms with E-state index in [1.54, 1.807) is 0 Å². The van der Waals surface area contributed by atoms with Crippen LogP contribution in [0.3, 0.4) is 0 Å². The van der Waals surface area contributed by atoms with E-state index in [0.29, 0.717) is 0 Å². The van der Waals surface area contributed by atoms with Crippen molar-refractivity contribution in [1.82, 2.24) is 4.98 Å². The average molecular weight is 263 g/mol. The van der Waals surface area contributed by atoms with E-state index in [-0.39, 0.29) is 63.6 Å². The van der Waals surface area contributed by atoms with E-state index in [4.69, 9.17) is 0 Å². The first-order valence-electron chi connectivity index (χ1n) is 4.66. The van der Waals surface area contributed by atoms with Gasteiger partial charge < -0.3 is 4.98 Å². The summed E-state index contributed by atoms with van der Waals surface area (Å²) in [6.07, 6.45) is 2.03. The molecule has 0 aliphatic carbocycles. The zero-order valence-corrected chi connectivity index (χ0v) is 14.3. The number of nitrogens with one attached hydrogen (secondary N) is 1. The summed E-state index contributed by atoms with van der Waals surface area (Å²) in [5.41, 5.74) is 2.38. The van der Waals surface area contributed by atoms with Crippen molar-refractivity contribution in [3.63, 3.8) is 0 Å². The Morgan fingerprint density at radius 3 is 2.50 bits per heavy atom. The molecule has 0 spiro atoms. The van der Waals surface area contributed by atoms with Crippen LogP contribution in [-0.2, 0) is 5.41 Å². The number of nitrogens with zero attached hydrogens (tertiary/aromatic N) is 2. The maximum atomic E-state index is 4.49. The second kappa shape index (κ2) is 4.68. The summed E-state index contributed by atoms with van der Waals surface area (Å²) in [7, 11) is 0. The number of hydrogen-bond donors (Lipinski definition) is 1. The molecule has 0 amide bonds. The third kappa shape index (κ3) is 2.43. The molecule has 1 radical (unpaired) electrons.